The second kappa shape index (κ2) is 6.77. The van der Waals surface area contributed by atoms with Crippen LogP contribution in [0.1, 0.15) is 27.7 Å². The Morgan fingerprint density at radius 3 is 2.18 bits per heavy atom. The number of rotatable bonds is 6. The molecule has 1 heterocycles. The Hall–Kier alpha value is -0.870. The molecule has 0 saturated carbocycles. The quantitative estimate of drug-likeness (QED) is 0.850. The molecule has 1 aromatic rings. The standard InChI is InChI=1S/C12H21ClN4/c1-9(2)17(10(3)4)6-5-14-12-15-7-11(13)8-16-12/h7-10H,5-6H2,1-4H3,(H,14,15,16). The monoisotopic (exact) mass is 256 g/mol. The first kappa shape index (κ1) is 14.2. The summed E-state index contributed by atoms with van der Waals surface area (Å²) in [5, 5.41) is 3.75. The van der Waals surface area contributed by atoms with E-state index in [2.05, 4.69) is 47.9 Å². The van der Waals surface area contributed by atoms with Crippen LogP contribution in [0.15, 0.2) is 12.4 Å². The predicted molar refractivity (Wildman–Crippen MR) is 72.5 cm³/mol. The van der Waals surface area contributed by atoms with Gasteiger partial charge in [-0.25, -0.2) is 9.97 Å². The van der Waals surface area contributed by atoms with E-state index in [1.807, 2.05) is 0 Å². The Morgan fingerprint density at radius 2 is 1.71 bits per heavy atom. The summed E-state index contributed by atoms with van der Waals surface area (Å²) in [6.07, 6.45) is 3.19. The van der Waals surface area contributed by atoms with Crippen LogP contribution in [0.4, 0.5) is 5.95 Å². The van der Waals surface area contributed by atoms with Crippen LogP contribution in [0.3, 0.4) is 0 Å². The van der Waals surface area contributed by atoms with Crippen LogP contribution in [-0.4, -0.2) is 40.0 Å². The molecule has 0 radical (unpaired) electrons. The normalized spacial score (nSPS) is 11.5. The Kier molecular flexibility index (Phi) is 5.65. The average molecular weight is 257 g/mol. The molecule has 0 amide bonds. The molecule has 0 aliphatic rings. The number of halogens is 1. The summed E-state index contributed by atoms with van der Waals surface area (Å²) in [6, 6.07) is 1.09. The highest BCUT2D eigenvalue weighted by Crippen LogP contribution is 2.06. The van der Waals surface area contributed by atoms with Gasteiger partial charge in [0.2, 0.25) is 5.95 Å². The summed E-state index contributed by atoms with van der Waals surface area (Å²) >= 11 is 5.72. The molecule has 0 aliphatic carbocycles. The molecule has 0 bridgehead atoms. The first-order valence-electron chi connectivity index (χ1n) is 5.98. The van der Waals surface area contributed by atoms with Gasteiger partial charge in [0.1, 0.15) is 0 Å². The van der Waals surface area contributed by atoms with Crippen LogP contribution in [0.5, 0.6) is 0 Å². The zero-order valence-electron chi connectivity index (χ0n) is 10.9. The van der Waals surface area contributed by atoms with Crippen LogP contribution >= 0.6 is 11.6 Å². The van der Waals surface area contributed by atoms with Gasteiger partial charge in [0.15, 0.2) is 0 Å². The molecular weight excluding hydrogens is 236 g/mol. The molecule has 96 valence electrons. The van der Waals surface area contributed by atoms with Gasteiger partial charge in [0.05, 0.1) is 17.4 Å². The predicted octanol–water partition coefficient (Wildman–Crippen LogP) is 2.66. The number of anilines is 1. The average Bonchev–Trinajstić information content (AvgIpc) is 2.25. The Bertz CT molecular complexity index is 316. The maximum Gasteiger partial charge on any atom is 0.222 e. The maximum absolute atomic E-state index is 5.72. The lowest BCUT2D eigenvalue weighted by Gasteiger charge is -2.30. The fraction of sp³-hybridized carbons (Fsp3) is 0.667. The van der Waals surface area contributed by atoms with E-state index >= 15 is 0 Å². The molecule has 0 aliphatic heterocycles. The van der Waals surface area contributed by atoms with E-state index in [1.165, 1.54) is 0 Å². The third-order valence-corrected chi connectivity index (χ3v) is 2.80. The molecule has 5 heteroatoms. The van der Waals surface area contributed by atoms with Gasteiger partial charge >= 0.3 is 0 Å². The first-order chi connectivity index (χ1) is 8.00. The lowest BCUT2D eigenvalue weighted by Crippen LogP contribution is -2.40. The second-order valence-corrected chi connectivity index (χ2v) is 5.01. The van der Waals surface area contributed by atoms with Crippen LogP contribution in [0.25, 0.3) is 0 Å². The topological polar surface area (TPSA) is 41.0 Å². The van der Waals surface area contributed by atoms with Crippen molar-refractivity contribution in [1.82, 2.24) is 14.9 Å². The van der Waals surface area contributed by atoms with Gasteiger partial charge in [-0.1, -0.05) is 11.6 Å². The SMILES string of the molecule is CC(C)N(CCNc1ncc(Cl)cn1)C(C)C. The lowest BCUT2D eigenvalue weighted by atomic mass is 10.2. The Morgan fingerprint density at radius 1 is 1.18 bits per heavy atom. The molecular formula is C12H21ClN4. The molecule has 0 atom stereocenters. The van der Waals surface area contributed by atoms with Crippen molar-refractivity contribution in [2.45, 2.75) is 39.8 Å². The Balaban J connectivity index is 2.38. The Labute approximate surface area is 108 Å². The number of nitrogens with one attached hydrogen (secondary N) is 1. The van der Waals surface area contributed by atoms with Gasteiger partial charge < -0.3 is 5.32 Å². The molecule has 0 spiro atoms. The molecule has 1 N–H and O–H groups in total. The minimum absolute atomic E-state index is 0.544. The molecule has 0 fully saturated rings. The summed E-state index contributed by atoms with van der Waals surface area (Å²) in [5.74, 6) is 0.627. The number of aromatic nitrogens is 2. The molecule has 4 nitrogen and oxygen atoms in total. The van der Waals surface area contributed by atoms with Gasteiger partial charge in [-0.3, -0.25) is 4.90 Å². The lowest BCUT2D eigenvalue weighted by molar-refractivity contribution is 0.182. The van der Waals surface area contributed by atoms with Crippen LogP contribution in [0, 0.1) is 0 Å². The summed E-state index contributed by atoms with van der Waals surface area (Å²) < 4.78 is 0. The number of hydrogen-bond acceptors (Lipinski definition) is 4. The molecule has 17 heavy (non-hydrogen) atoms. The van der Waals surface area contributed by atoms with Crippen molar-refractivity contribution in [2.24, 2.45) is 0 Å². The van der Waals surface area contributed by atoms with E-state index < -0.39 is 0 Å². The third-order valence-electron chi connectivity index (χ3n) is 2.60. The smallest absolute Gasteiger partial charge is 0.222 e. The first-order valence-corrected chi connectivity index (χ1v) is 6.35. The zero-order valence-corrected chi connectivity index (χ0v) is 11.7. The van der Waals surface area contributed by atoms with Crippen molar-refractivity contribution < 1.29 is 0 Å². The number of nitrogens with zero attached hydrogens (tertiary/aromatic N) is 3. The minimum Gasteiger partial charge on any atom is -0.353 e. The summed E-state index contributed by atoms with van der Waals surface area (Å²) in [6.45, 7) is 10.6. The highest BCUT2D eigenvalue weighted by atomic mass is 35.5. The van der Waals surface area contributed by atoms with Crippen LogP contribution in [0.2, 0.25) is 5.02 Å². The highest BCUT2D eigenvalue weighted by molar-refractivity contribution is 6.30. The van der Waals surface area contributed by atoms with Crippen molar-refractivity contribution in [3.63, 3.8) is 0 Å². The maximum atomic E-state index is 5.72. The fourth-order valence-electron chi connectivity index (χ4n) is 1.81. The minimum atomic E-state index is 0.544. The van der Waals surface area contributed by atoms with Crippen molar-refractivity contribution in [1.29, 1.82) is 0 Å². The molecule has 1 rings (SSSR count). The van der Waals surface area contributed by atoms with Crippen molar-refractivity contribution >= 4 is 17.5 Å². The molecule has 0 aromatic carbocycles. The fourth-order valence-corrected chi connectivity index (χ4v) is 1.91. The van der Waals surface area contributed by atoms with Gasteiger partial charge in [-0.2, -0.15) is 0 Å². The largest absolute Gasteiger partial charge is 0.353 e. The van der Waals surface area contributed by atoms with E-state index in [0.29, 0.717) is 23.1 Å². The van der Waals surface area contributed by atoms with Crippen molar-refractivity contribution in [3.05, 3.63) is 17.4 Å². The van der Waals surface area contributed by atoms with Gasteiger partial charge in [0, 0.05) is 25.2 Å². The van der Waals surface area contributed by atoms with E-state index in [0.717, 1.165) is 13.1 Å². The van der Waals surface area contributed by atoms with Gasteiger partial charge in [-0.15, -0.1) is 0 Å². The van der Waals surface area contributed by atoms with Gasteiger partial charge in [0.25, 0.3) is 0 Å². The number of hydrogen-bond donors (Lipinski definition) is 1. The van der Waals surface area contributed by atoms with Crippen LogP contribution in [-0.2, 0) is 0 Å². The van der Waals surface area contributed by atoms with E-state index in [1.54, 1.807) is 12.4 Å². The summed E-state index contributed by atoms with van der Waals surface area (Å²) in [4.78, 5) is 10.6. The summed E-state index contributed by atoms with van der Waals surface area (Å²) in [7, 11) is 0. The second-order valence-electron chi connectivity index (χ2n) is 4.58. The molecule has 0 unspecified atom stereocenters. The van der Waals surface area contributed by atoms with Crippen molar-refractivity contribution in [2.75, 3.05) is 18.4 Å². The summed E-state index contributed by atoms with van der Waals surface area (Å²) in [5.41, 5.74) is 0. The van der Waals surface area contributed by atoms with E-state index in [-0.39, 0.29) is 0 Å². The highest BCUT2D eigenvalue weighted by Gasteiger charge is 2.12. The zero-order chi connectivity index (χ0) is 12.8. The van der Waals surface area contributed by atoms with Crippen molar-refractivity contribution in [3.8, 4) is 0 Å². The molecule has 1 aromatic heterocycles. The van der Waals surface area contributed by atoms with Crippen LogP contribution < -0.4 is 5.32 Å². The van der Waals surface area contributed by atoms with E-state index in [4.69, 9.17) is 11.6 Å². The van der Waals surface area contributed by atoms with Gasteiger partial charge in [-0.05, 0) is 27.7 Å². The third kappa shape index (κ3) is 4.88. The van der Waals surface area contributed by atoms with E-state index in [9.17, 15) is 0 Å². The molecule has 0 saturated heterocycles.